The van der Waals surface area contributed by atoms with E-state index in [0.717, 1.165) is 12.1 Å². The molecular weight excluding hydrogens is 264 g/mol. The molecule has 0 fully saturated rings. The van der Waals surface area contributed by atoms with Crippen molar-refractivity contribution in [2.24, 2.45) is 5.73 Å². The highest BCUT2D eigenvalue weighted by molar-refractivity contribution is 5.96. The zero-order chi connectivity index (χ0) is 14.9. The van der Waals surface area contributed by atoms with Crippen molar-refractivity contribution in [3.05, 3.63) is 47.2 Å². The second-order valence-electron chi connectivity index (χ2n) is 3.96. The first-order valence-corrected chi connectivity index (χ1v) is 5.46. The Balaban J connectivity index is 2.67. The lowest BCUT2D eigenvalue weighted by molar-refractivity contribution is 0.0996. The number of carbonyl (C=O) groups is 1. The van der Waals surface area contributed by atoms with Gasteiger partial charge in [0, 0.05) is 11.6 Å². The minimum Gasteiger partial charge on any atom is -0.397 e. The summed E-state index contributed by atoms with van der Waals surface area (Å²) in [5.41, 5.74) is 10.1. The molecule has 0 bridgehead atoms. The van der Waals surface area contributed by atoms with Crippen LogP contribution in [0.3, 0.4) is 0 Å². The van der Waals surface area contributed by atoms with Gasteiger partial charge in [0.1, 0.15) is 11.5 Å². The Labute approximate surface area is 113 Å². The number of primary amides is 1. The standard InChI is InChI=1S/C14H9F2N3O/c1-2-7-5-8(3-4-9(7)15)12-10(16)6-11(17)13(19-12)14(18)20/h1,3-6H,17H2,(H2,18,20). The third-order valence-electron chi connectivity index (χ3n) is 2.63. The first kappa shape index (κ1) is 13.5. The number of terminal acetylenes is 1. The molecule has 0 unspecified atom stereocenters. The molecule has 2 rings (SSSR count). The molecule has 0 spiro atoms. The van der Waals surface area contributed by atoms with Crippen LogP contribution in [0.25, 0.3) is 11.3 Å². The zero-order valence-electron chi connectivity index (χ0n) is 10.2. The first-order chi connectivity index (χ1) is 9.43. The van der Waals surface area contributed by atoms with Crippen LogP contribution in [0.1, 0.15) is 16.1 Å². The summed E-state index contributed by atoms with van der Waals surface area (Å²) in [5.74, 6) is -0.125. The predicted molar refractivity (Wildman–Crippen MR) is 70.5 cm³/mol. The number of anilines is 1. The van der Waals surface area contributed by atoms with Gasteiger partial charge in [0.2, 0.25) is 0 Å². The summed E-state index contributed by atoms with van der Waals surface area (Å²) < 4.78 is 27.2. The van der Waals surface area contributed by atoms with Crippen LogP contribution in [0.2, 0.25) is 0 Å². The van der Waals surface area contributed by atoms with Gasteiger partial charge >= 0.3 is 0 Å². The number of pyridine rings is 1. The molecule has 0 radical (unpaired) electrons. The van der Waals surface area contributed by atoms with Crippen molar-refractivity contribution in [1.82, 2.24) is 4.98 Å². The van der Waals surface area contributed by atoms with Crippen molar-refractivity contribution in [1.29, 1.82) is 0 Å². The van der Waals surface area contributed by atoms with E-state index in [1.54, 1.807) is 0 Å². The number of aromatic nitrogens is 1. The van der Waals surface area contributed by atoms with Crippen LogP contribution in [0, 0.1) is 24.0 Å². The number of amides is 1. The molecular formula is C14H9F2N3O. The Bertz CT molecular complexity index is 751. The van der Waals surface area contributed by atoms with E-state index < -0.39 is 17.5 Å². The van der Waals surface area contributed by atoms with Gasteiger partial charge in [0.05, 0.1) is 11.3 Å². The highest BCUT2D eigenvalue weighted by Crippen LogP contribution is 2.25. The second kappa shape index (κ2) is 4.97. The minimum atomic E-state index is -0.886. The maximum absolute atomic E-state index is 13.9. The molecule has 1 amide bonds. The van der Waals surface area contributed by atoms with Gasteiger partial charge in [0.25, 0.3) is 5.91 Å². The Morgan fingerprint density at radius 1 is 1.25 bits per heavy atom. The van der Waals surface area contributed by atoms with Gasteiger partial charge < -0.3 is 11.5 Å². The van der Waals surface area contributed by atoms with Gasteiger partial charge in [-0.3, -0.25) is 4.79 Å². The predicted octanol–water partition coefficient (Wildman–Crippen LogP) is 1.69. The number of benzene rings is 1. The van der Waals surface area contributed by atoms with Crippen LogP contribution in [0.5, 0.6) is 0 Å². The average Bonchev–Trinajstić information content (AvgIpc) is 2.39. The molecule has 0 atom stereocenters. The van der Waals surface area contributed by atoms with Crippen molar-refractivity contribution >= 4 is 11.6 Å². The quantitative estimate of drug-likeness (QED) is 0.817. The summed E-state index contributed by atoms with van der Waals surface area (Å²) in [5, 5.41) is 0. The molecule has 0 aliphatic carbocycles. The monoisotopic (exact) mass is 273 g/mol. The molecule has 20 heavy (non-hydrogen) atoms. The fourth-order valence-corrected chi connectivity index (χ4v) is 1.69. The summed E-state index contributed by atoms with van der Waals surface area (Å²) in [7, 11) is 0. The second-order valence-corrected chi connectivity index (χ2v) is 3.96. The summed E-state index contributed by atoms with van der Waals surface area (Å²) >= 11 is 0. The molecule has 6 heteroatoms. The molecule has 4 nitrogen and oxygen atoms in total. The number of halogens is 2. The molecule has 0 aliphatic heterocycles. The smallest absolute Gasteiger partial charge is 0.269 e. The number of nitrogens with zero attached hydrogens (tertiary/aromatic N) is 1. The Morgan fingerprint density at radius 2 is 1.95 bits per heavy atom. The lowest BCUT2D eigenvalue weighted by Gasteiger charge is -2.08. The molecule has 2 aromatic rings. The average molecular weight is 273 g/mol. The first-order valence-electron chi connectivity index (χ1n) is 5.46. The van der Waals surface area contributed by atoms with E-state index in [0.29, 0.717) is 0 Å². The summed E-state index contributed by atoms with van der Waals surface area (Å²) in [6.07, 6.45) is 5.14. The molecule has 0 aliphatic rings. The number of nitrogen functional groups attached to an aromatic ring is 1. The molecule has 4 N–H and O–H groups in total. The molecule has 1 aromatic carbocycles. The van der Waals surface area contributed by atoms with Crippen molar-refractivity contribution in [3.63, 3.8) is 0 Å². The summed E-state index contributed by atoms with van der Waals surface area (Å²) in [6.45, 7) is 0. The van der Waals surface area contributed by atoms with Crippen LogP contribution in [-0.2, 0) is 0 Å². The molecule has 1 aromatic heterocycles. The number of hydrogen-bond donors (Lipinski definition) is 2. The summed E-state index contributed by atoms with van der Waals surface area (Å²) in [6, 6.07) is 4.57. The lowest BCUT2D eigenvalue weighted by Crippen LogP contribution is -2.16. The Hall–Kier alpha value is -2.94. The van der Waals surface area contributed by atoms with Crippen LogP contribution >= 0.6 is 0 Å². The molecule has 100 valence electrons. The van der Waals surface area contributed by atoms with Crippen molar-refractivity contribution < 1.29 is 13.6 Å². The Morgan fingerprint density at radius 3 is 2.55 bits per heavy atom. The highest BCUT2D eigenvalue weighted by Gasteiger charge is 2.16. The fourth-order valence-electron chi connectivity index (χ4n) is 1.69. The van der Waals surface area contributed by atoms with Crippen molar-refractivity contribution in [3.8, 4) is 23.6 Å². The van der Waals surface area contributed by atoms with Gasteiger partial charge in [-0.25, -0.2) is 13.8 Å². The van der Waals surface area contributed by atoms with Crippen molar-refractivity contribution in [2.75, 3.05) is 5.73 Å². The van der Waals surface area contributed by atoms with Crippen molar-refractivity contribution in [2.45, 2.75) is 0 Å². The summed E-state index contributed by atoms with van der Waals surface area (Å²) in [4.78, 5) is 14.9. The highest BCUT2D eigenvalue weighted by atomic mass is 19.1. The number of carbonyl (C=O) groups excluding carboxylic acids is 1. The van der Waals surface area contributed by atoms with E-state index in [2.05, 4.69) is 10.9 Å². The van der Waals surface area contributed by atoms with Gasteiger partial charge in [0.15, 0.2) is 11.5 Å². The largest absolute Gasteiger partial charge is 0.397 e. The van der Waals surface area contributed by atoms with E-state index in [1.165, 1.54) is 12.1 Å². The SMILES string of the molecule is C#Cc1cc(-c2nc(C(N)=O)c(N)cc2F)ccc1F. The van der Waals surface area contributed by atoms with Gasteiger partial charge in [-0.05, 0) is 18.2 Å². The van der Waals surface area contributed by atoms with Crippen LogP contribution in [0.15, 0.2) is 24.3 Å². The topological polar surface area (TPSA) is 82.0 Å². The number of rotatable bonds is 2. The van der Waals surface area contributed by atoms with E-state index in [4.69, 9.17) is 17.9 Å². The number of hydrogen-bond acceptors (Lipinski definition) is 3. The molecule has 0 saturated heterocycles. The Kier molecular flexibility index (Phi) is 3.36. The van der Waals surface area contributed by atoms with Crippen LogP contribution in [0.4, 0.5) is 14.5 Å². The molecule has 1 heterocycles. The van der Waals surface area contributed by atoms with Gasteiger partial charge in [-0.1, -0.05) is 5.92 Å². The van der Waals surface area contributed by atoms with E-state index >= 15 is 0 Å². The maximum Gasteiger partial charge on any atom is 0.269 e. The van der Waals surface area contributed by atoms with E-state index in [-0.39, 0.29) is 28.2 Å². The third-order valence-corrected chi connectivity index (χ3v) is 2.63. The maximum atomic E-state index is 13.9. The third kappa shape index (κ3) is 2.29. The van der Waals surface area contributed by atoms with E-state index in [1.807, 2.05) is 0 Å². The van der Waals surface area contributed by atoms with Gasteiger partial charge in [-0.2, -0.15) is 0 Å². The number of nitrogens with two attached hydrogens (primary N) is 2. The van der Waals surface area contributed by atoms with Crippen LogP contribution in [-0.4, -0.2) is 10.9 Å². The zero-order valence-corrected chi connectivity index (χ0v) is 10.2. The van der Waals surface area contributed by atoms with Gasteiger partial charge in [-0.15, -0.1) is 6.42 Å². The fraction of sp³-hybridized carbons (Fsp3) is 0. The van der Waals surface area contributed by atoms with Crippen LogP contribution < -0.4 is 11.5 Å². The molecule has 0 saturated carbocycles. The van der Waals surface area contributed by atoms with E-state index in [9.17, 15) is 13.6 Å². The minimum absolute atomic E-state index is 0.0406. The lowest BCUT2D eigenvalue weighted by atomic mass is 10.1. The normalized spacial score (nSPS) is 10.1.